The van der Waals surface area contributed by atoms with Crippen molar-refractivity contribution in [3.63, 3.8) is 0 Å². The average Bonchev–Trinajstić information content (AvgIpc) is 3.54. The lowest BCUT2D eigenvalue weighted by atomic mass is 10.1. The summed E-state index contributed by atoms with van der Waals surface area (Å²) in [6.07, 6.45) is 1.52. The normalized spacial score (nSPS) is 11.5. The highest BCUT2D eigenvalue weighted by Crippen LogP contribution is 2.36. The first-order valence-corrected chi connectivity index (χ1v) is 16.8. The lowest BCUT2D eigenvalue weighted by molar-refractivity contribution is -0.115. The van der Waals surface area contributed by atoms with E-state index in [-0.39, 0.29) is 11.6 Å². The van der Waals surface area contributed by atoms with Gasteiger partial charge in [0.2, 0.25) is 5.91 Å². The van der Waals surface area contributed by atoms with Crippen LogP contribution in [-0.4, -0.2) is 37.2 Å². The highest BCUT2D eigenvalue weighted by Gasteiger charge is 2.21. The largest absolute Gasteiger partial charge is 0.493 e. The lowest BCUT2D eigenvalue weighted by Crippen LogP contribution is -2.30. The molecule has 3 N–H and O–H groups in total. The molecule has 1 heterocycles. The van der Waals surface area contributed by atoms with Gasteiger partial charge in [0, 0.05) is 32.7 Å². The van der Waals surface area contributed by atoms with Gasteiger partial charge in [-0.15, -0.1) is 23.1 Å². The Labute approximate surface area is 292 Å². The van der Waals surface area contributed by atoms with Crippen LogP contribution in [0.3, 0.4) is 0 Å². The van der Waals surface area contributed by atoms with E-state index in [2.05, 4.69) is 22.0 Å². The number of thioether (sulfide) groups is 1. The molecule has 0 bridgehead atoms. The molecule has 9 nitrogen and oxygen atoms in total. The Morgan fingerprint density at radius 3 is 2.29 bits per heavy atom. The fraction of sp³-hybridized carbons (Fsp3) is 0.105. The summed E-state index contributed by atoms with van der Waals surface area (Å²) in [7, 11) is 3.01. The summed E-state index contributed by atoms with van der Waals surface area (Å²) in [5.74, 6) is -0.436. The molecule has 0 radical (unpaired) electrons. The number of nitrogens with zero attached hydrogens (tertiary/aromatic N) is 1. The van der Waals surface area contributed by atoms with Crippen LogP contribution < -0.4 is 25.4 Å². The molecule has 0 spiro atoms. The summed E-state index contributed by atoms with van der Waals surface area (Å²) in [6.45, 7) is 1.77. The van der Waals surface area contributed by atoms with Crippen molar-refractivity contribution >= 4 is 57.6 Å². The minimum absolute atomic E-state index is 0.0228. The summed E-state index contributed by atoms with van der Waals surface area (Å²) in [5.41, 5.74) is 3.42. The molecule has 5 rings (SSSR count). The van der Waals surface area contributed by atoms with Gasteiger partial charge in [-0.1, -0.05) is 66.7 Å². The van der Waals surface area contributed by atoms with E-state index in [0.717, 1.165) is 16.0 Å². The number of para-hydroxylation sites is 1. The van der Waals surface area contributed by atoms with Crippen molar-refractivity contribution in [2.24, 2.45) is 0 Å². The summed E-state index contributed by atoms with van der Waals surface area (Å²) in [4.78, 5) is 40.7. The Bertz CT molecular complexity index is 2040. The van der Waals surface area contributed by atoms with Crippen LogP contribution in [0.4, 0.5) is 10.7 Å². The van der Waals surface area contributed by atoms with Crippen molar-refractivity contribution in [3.8, 4) is 28.7 Å². The van der Waals surface area contributed by atoms with Gasteiger partial charge in [-0.2, -0.15) is 5.26 Å². The van der Waals surface area contributed by atoms with Crippen LogP contribution in [0.25, 0.3) is 17.2 Å². The van der Waals surface area contributed by atoms with Gasteiger partial charge in [0.15, 0.2) is 11.5 Å². The van der Waals surface area contributed by atoms with E-state index in [4.69, 9.17) is 9.47 Å². The SMILES string of the molecule is COc1cccc(/C=C(/NC(=O)c2ccccc2)C(=O)Nc2cccc(SC(C)C(=O)Nc3scc(-c4ccccc4)c3C#N)c2)c1OC. The van der Waals surface area contributed by atoms with Crippen molar-refractivity contribution in [3.05, 3.63) is 131 Å². The number of nitrogens with one attached hydrogen (secondary N) is 3. The average molecular weight is 689 g/mol. The number of anilines is 2. The zero-order valence-corrected chi connectivity index (χ0v) is 28.5. The molecule has 1 unspecified atom stereocenters. The van der Waals surface area contributed by atoms with Crippen molar-refractivity contribution in [1.29, 1.82) is 5.26 Å². The highest BCUT2D eigenvalue weighted by atomic mass is 32.2. The van der Waals surface area contributed by atoms with Gasteiger partial charge in [-0.25, -0.2) is 0 Å². The van der Waals surface area contributed by atoms with E-state index < -0.39 is 17.1 Å². The van der Waals surface area contributed by atoms with E-state index in [1.165, 1.54) is 43.4 Å². The van der Waals surface area contributed by atoms with Crippen molar-refractivity contribution in [2.45, 2.75) is 17.1 Å². The van der Waals surface area contributed by atoms with Gasteiger partial charge in [0.05, 0.1) is 25.0 Å². The number of nitriles is 1. The molecule has 49 heavy (non-hydrogen) atoms. The van der Waals surface area contributed by atoms with Crippen LogP contribution in [0.2, 0.25) is 0 Å². The van der Waals surface area contributed by atoms with E-state index in [9.17, 15) is 19.6 Å². The first-order valence-electron chi connectivity index (χ1n) is 15.1. The molecule has 0 saturated carbocycles. The molecule has 3 amide bonds. The molecule has 0 fully saturated rings. The van der Waals surface area contributed by atoms with Gasteiger partial charge in [0.1, 0.15) is 16.8 Å². The highest BCUT2D eigenvalue weighted by molar-refractivity contribution is 8.00. The number of hydrogen-bond donors (Lipinski definition) is 3. The standard InChI is InChI=1S/C38H32N4O5S2/c1-24(35(43)42-38-30(22-39)31(23-48-38)25-12-6-4-7-13-25)49-29-18-11-17-28(21-29)40-37(45)32(41-36(44)26-14-8-5-9-15-26)20-27-16-10-19-33(46-2)34(27)47-3/h4-21,23-24H,1-3H3,(H,40,45)(H,41,44)(H,42,43)/b32-20+. The third kappa shape index (κ3) is 8.56. The number of benzene rings is 4. The predicted molar refractivity (Wildman–Crippen MR) is 195 cm³/mol. The second-order valence-corrected chi connectivity index (χ2v) is 12.8. The Hall–Kier alpha value is -5.83. The van der Waals surface area contributed by atoms with E-state index in [0.29, 0.717) is 38.9 Å². The molecule has 246 valence electrons. The molecule has 1 atom stereocenters. The molecular formula is C38H32N4O5S2. The van der Waals surface area contributed by atoms with Crippen LogP contribution in [0.15, 0.2) is 119 Å². The smallest absolute Gasteiger partial charge is 0.272 e. The topological polar surface area (TPSA) is 130 Å². The zero-order chi connectivity index (χ0) is 34.8. The molecule has 0 aliphatic heterocycles. The van der Waals surface area contributed by atoms with Gasteiger partial charge in [0.25, 0.3) is 11.8 Å². The van der Waals surface area contributed by atoms with E-state index in [1.807, 2.05) is 41.8 Å². The fourth-order valence-corrected chi connectivity index (χ4v) is 6.68. The van der Waals surface area contributed by atoms with Crippen LogP contribution in [0.1, 0.15) is 28.4 Å². The van der Waals surface area contributed by atoms with Crippen LogP contribution in [0.5, 0.6) is 11.5 Å². The molecule has 4 aromatic carbocycles. The van der Waals surface area contributed by atoms with Crippen molar-refractivity contribution in [2.75, 3.05) is 24.9 Å². The third-order valence-corrected chi connectivity index (χ3v) is 9.25. The Morgan fingerprint density at radius 1 is 0.878 bits per heavy atom. The Balaban J connectivity index is 1.32. The van der Waals surface area contributed by atoms with Crippen LogP contribution in [-0.2, 0) is 9.59 Å². The number of methoxy groups -OCH3 is 2. The summed E-state index contributed by atoms with van der Waals surface area (Å²) in [5, 5.41) is 20.2. The number of thiophene rings is 1. The summed E-state index contributed by atoms with van der Waals surface area (Å²) in [6, 6.07) is 32.6. The van der Waals surface area contributed by atoms with Gasteiger partial charge in [-0.3, -0.25) is 14.4 Å². The van der Waals surface area contributed by atoms with Crippen molar-refractivity contribution in [1.82, 2.24) is 5.32 Å². The molecule has 5 aromatic rings. The monoisotopic (exact) mass is 688 g/mol. The molecule has 11 heteroatoms. The molecular weight excluding hydrogens is 657 g/mol. The maximum Gasteiger partial charge on any atom is 0.272 e. The Kier molecular flexibility index (Phi) is 11.5. The molecule has 0 aliphatic rings. The quantitative estimate of drug-likeness (QED) is 0.0900. The number of ether oxygens (including phenoxy) is 2. The predicted octanol–water partition coefficient (Wildman–Crippen LogP) is 7.83. The molecule has 1 aromatic heterocycles. The van der Waals surface area contributed by atoms with Gasteiger partial charge < -0.3 is 25.4 Å². The fourth-order valence-electron chi connectivity index (χ4n) is 4.83. The van der Waals surface area contributed by atoms with Gasteiger partial charge >= 0.3 is 0 Å². The maximum absolute atomic E-state index is 13.7. The Morgan fingerprint density at radius 2 is 1.59 bits per heavy atom. The molecule has 0 aliphatic carbocycles. The van der Waals surface area contributed by atoms with Crippen molar-refractivity contribution < 1.29 is 23.9 Å². The number of hydrogen-bond acceptors (Lipinski definition) is 8. The summed E-state index contributed by atoms with van der Waals surface area (Å²) < 4.78 is 10.9. The van der Waals surface area contributed by atoms with Crippen LogP contribution >= 0.6 is 23.1 Å². The second-order valence-electron chi connectivity index (χ2n) is 10.5. The minimum atomic E-state index is -0.571. The number of carbonyl (C=O) groups is 3. The molecule has 0 saturated heterocycles. The van der Waals surface area contributed by atoms with Crippen LogP contribution in [0, 0.1) is 11.3 Å². The number of amides is 3. The second kappa shape index (κ2) is 16.3. The number of carbonyl (C=O) groups excluding carboxylic acids is 3. The first kappa shape index (κ1) is 34.5. The third-order valence-electron chi connectivity index (χ3n) is 7.26. The van der Waals surface area contributed by atoms with Gasteiger partial charge in [-0.05, 0) is 55.0 Å². The minimum Gasteiger partial charge on any atom is -0.493 e. The van der Waals surface area contributed by atoms with E-state index in [1.54, 1.807) is 73.7 Å². The maximum atomic E-state index is 13.7. The first-order chi connectivity index (χ1) is 23.8. The summed E-state index contributed by atoms with van der Waals surface area (Å²) >= 11 is 2.61. The van der Waals surface area contributed by atoms with E-state index >= 15 is 0 Å². The lowest BCUT2D eigenvalue weighted by Gasteiger charge is -2.15. The zero-order valence-electron chi connectivity index (χ0n) is 26.9. The number of rotatable bonds is 12.